The molecule has 0 aromatic heterocycles. The average Bonchev–Trinajstić information content (AvgIpc) is 2.42. The fourth-order valence-corrected chi connectivity index (χ4v) is 1.33. The topological polar surface area (TPSA) is 87.7 Å². The maximum Gasteiger partial charge on any atom is 1.00 e. The van der Waals surface area contributed by atoms with E-state index in [-0.39, 0.29) is 51.0 Å². The summed E-state index contributed by atoms with van der Waals surface area (Å²) in [4.78, 5) is 22.3. The first kappa shape index (κ1) is 18.9. The molecule has 1 radical (unpaired) electrons. The summed E-state index contributed by atoms with van der Waals surface area (Å²) in [5.41, 5.74) is 0.270. The van der Waals surface area contributed by atoms with E-state index < -0.39 is 12.6 Å². The molecule has 0 heterocycles. The van der Waals surface area contributed by atoms with E-state index in [1.807, 2.05) is 6.92 Å². The summed E-state index contributed by atoms with van der Waals surface area (Å²) in [6.07, 6.45) is -0.111. The molecular weight excluding hydrogens is 451 g/mol. The number of aliphatic carboxylic acids is 1. The van der Waals surface area contributed by atoms with Gasteiger partial charge in [0.15, 0.2) is 0 Å². The second-order valence-corrected chi connectivity index (χ2v) is 3.91. The molecule has 1 unspecified atom stereocenters. The average molecular weight is 467 g/mol. The van der Waals surface area contributed by atoms with Crippen LogP contribution >= 0.6 is 0 Å². The maximum atomic E-state index is 11.9. The summed E-state index contributed by atoms with van der Waals surface area (Å²) in [6, 6.07) is 6.40. The van der Waals surface area contributed by atoms with Crippen LogP contribution in [0.1, 0.15) is 17.3 Å². The van der Waals surface area contributed by atoms with Crippen molar-refractivity contribution < 1.29 is 51.8 Å². The molecule has 0 bridgehead atoms. The summed E-state index contributed by atoms with van der Waals surface area (Å²) < 4.78 is 10.0. The second-order valence-electron chi connectivity index (χ2n) is 3.91. The number of benzene rings is 1. The van der Waals surface area contributed by atoms with Crippen molar-refractivity contribution in [1.29, 1.82) is 0 Å². The van der Waals surface area contributed by atoms with Crippen LogP contribution in [0.25, 0.3) is 0 Å². The molecule has 20 heavy (non-hydrogen) atoms. The summed E-state index contributed by atoms with van der Waals surface area (Å²) >= 11 is 0. The van der Waals surface area contributed by atoms with Gasteiger partial charge in [0.05, 0.1) is 17.6 Å². The van der Waals surface area contributed by atoms with Gasteiger partial charge in [0.1, 0.15) is 12.4 Å². The van der Waals surface area contributed by atoms with E-state index >= 15 is 0 Å². The number of hydrogen-bond acceptors (Lipinski definition) is 5. The quantitative estimate of drug-likeness (QED) is 0.551. The minimum absolute atomic E-state index is 0. The molecule has 0 saturated carbocycles. The van der Waals surface area contributed by atoms with Crippen molar-refractivity contribution in [2.24, 2.45) is 0 Å². The molecule has 1 aromatic carbocycles. The van der Waals surface area contributed by atoms with Crippen LogP contribution < -0.4 is 15.2 Å². The molecule has 105 valence electrons. The van der Waals surface area contributed by atoms with Gasteiger partial charge in [0.2, 0.25) is 0 Å². The molecular formula is C13H16HgNO5. The number of methoxy groups -OCH3 is 1. The number of carboxylic acids is 1. The Morgan fingerprint density at radius 3 is 2.60 bits per heavy atom. The van der Waals surface area contributed by atoms with Gasteiger partial charge < -0.3 is 24.7 Å². The molecule has 7 heteroatoms. The van der Waals surface area contributed by atoms with Crippen molar-refractivity contribution in [3.05, 3.63) is 29.8 Å². The molecule has 1 rings (SSSR count). The second kappa shape index (κ2) is 9.71. The molecule has 0 spiro atoms. The molecule has 1 aromatic rings. The number of carbonyl (C=O) groups excluding carboxylic acids is 2. The van der Waals surface area contributed by atoms with Crippen molar-refractivity contribution in [3.63, 3.8) is 0 Å². The van der Waals surface area contributed by atoms with Gasteiger partial charge in [0.25, 0.3) is 5.91 Å². The largest absolute Gasteiger partial charge is 1.00 e. The number of ether oxygens (including phenoxy) is 2. The van der Waals surface area contributed by atoms with Gasteiger partial charge in [-0.3, -0.25) is 4.79 Å². The molecule has 0 aliphatic rings. The first-order valence-corrected chi connectivity index (χ1v) is 5.77. The molecule has 1 N–H and O–H groups in total. The third-order valence-electron chi connectivity index (χ3n) is 2.43. The van der Waals surface area contributed by atoms with Crippen LogP contribution in [0.2, 0.25) is 0 Å². The standard InChI is InChI=1S/C13H17NO5.Hg/c1-9(18-2)7-14-13(17)10-5-3-4-6-11(10)19-8-12(15)16;/h3-6,9H,7-8H2,1-2H3,(H,14,17)(H,15,16);/q;+1/p-1. The zero-order valence-electron chi connectivity index (χ0n) is 11.5. The zero-order chi connectivity index (χ0) is 14.3. The van der Waals surface area contributed by atoms with Gasteiger partial charge in [-0.05, 0) is 19.1 Å². The fourth-order valence-electron chi connectivity index (χ4n) is 1.33. The summed E-state index contributed by atoms with van der Waals surface area (Å²) in [7, 11) is 1.55. The minimum Gasteiger partial charge on any atom is -0.546 e. The van der Waals surface area contributed by atoms with E-state index in [2.05, 4.69) is 5.32 Å². The predicted molar refractivity (Wildman–Crippen MR) is 65.7 cm³/mol. The van der Waals surface area contributed by atoms with Crippen LogP contribution in [0, 0.1) is 0 Å². The van der Waals surface area contributed by atoms with E-state index in [1.165, 1.54) is 6.07 Å². The molecule has 1 atom stereocenters. The van der Waals surface area contributed by atoms with Crippen LogP contribution in [0.5, 0.6) is 5.75 Å². The zero-order valence-corrected chi connectivity index (χ0v) is 17.0. The van der Waals surface area contributed by atoms with Gasteiger partial charge >= 0.3 is 27.7 Å². The van der Waals surface area contributed by atoms with E-state index in [4.69, 9.17) is 9.47 Å². The molecule has 0 aliphatic heterocycles. The van der Waals surface area contributed by atoms with Gasteiger partial charge in [-0.2, -0.15) is 0 Å². The van der Waals surface area contributed by atoms with E-state index in [0.29, 0.717) is 6.54 Å². The van der Waals surface area contributed by atoms with E-state index in [0.717, 1.165) is 0 Å². The molecule has 6 nitrogen and oxygen atoms in total. The molecule has 0 aliphatic carbocycles. The van der Waals surface area contributed by atoms with E-state index in [9.17, 15) is 14.7 Å². The van der Waals surface area contributed by atoms with Gasteiger partial charge in [-0.1, -0.05) is 12.1 Å². The Morgan fingerprint density at radius 2 is 2.00 bits per heavy atom. The van der Waals surface area contributed by atoms with Crippen molar-refractivity contribution in [2.45, 2.75) is 13.0 Å². The minimum atomic E-state index is -1.34. The summed E-state index contributed by atoms with van der Waals surface area (Å²) in [5.74, 6) is -1.49. The normalized spacial score (nSPS) is 11.1. The number of para-hydroxylation sites is 1. The SMILES string of the molecule is COC(C)CNC(=O)c1ccccc1OCC(=O)[O-].[Hg+]. The first-order valence-electron chi connectivity index (χ1n) is 5.77. The van der Waals surface area contributed by atoms with Crippen LogP contribution in [0.4, 0.5) is 0 Å². The summed E-state index contributed by atoms with van der Waals surface area (Å²) in [6.45, 7) is 1.57. The fraction of sp³-hybridized carbons (Fsp3) is 0.385. The Hall–Kier alpha value is -1.14. The van der Waals surface area contributed by atoms with Gasteiger partial charge in [-0.15, -0.1) is 0 Å². The molecule has 1 amide bonds. The number of nitrogens with one attached hydrogen (secondary N) is 1. The van der Waals surface area contributed by atoms with Gasteiger partial charge in [-0.25, -0.2) is 0 Å². The number of hydrogen-bond donors (Lipinski definition) is 1. The van der Waals surface area contributed by atoms with Crippen LogP contribution in [-0.2, 0) is 37.2 Å². The van der Waals surface area contributed by atoms with Crippen molar-refractivity contribution in [3.8, 4) is 5.75 Å². The monoisotopic (exact) mass is 468 g/mol. The number of amides is 1. The van der Waals surface area contributed by atoms with Gasteiger partial charge in [0, 0.05) is 13.7 Å². The Labute approximate surface area is 138 Å². The van der Waals surface area contributed by atoms with Crippen molar-refractivity contribution >= 4 is 11.9 Å². The molecule has 0 fully saturated rings. The maximum absolute atomic E-state index is 11.9. The van der Waals surface area contributed by atoms with Crippen molar-refractivity contribution in [1.82, 2.24) is 5.32 Å². The van der Waals surface area contributed by atoms with Crippen LogP contribution in [0.15, 0.2) is 24.3 Å². The Morgan fingerprint density at radius 1 is 1.35 bits per heavy atom. The van der Waals surface area contributed by atoms with Crippen molar-refractivity contribution in [2.75, 3.05) is 20.3 Å². The Balaban J connectivity index is 0.00000361. The van der Waals surface area contributed by atoms with Crippen LogP contribution in [-0.4, -0.2) is 38.2 Å². The summed E-state index contributed by atoms with van der Waals surface area (Å²) in [5, 5.41) is 13.0. The third kappa shape index (κ3) is 6.34. The first-order chi connectivity index (χ1) is 9.04. The van der Waals surface area contributed by atoms with E-state index in [1.54, 1.807) is 25.3 Å². The number of rotatable bonds is 7. The Kier molecular flexibility index (Phi) is 9.15. The third-order valence-corrected chi connectivity index (χ3v) is 2.43. The molecule has 0 saturated heterocycles. The Bertz CT molecular complexity index is 452. The number of carbonyl (C=O) groups is 2. The number of carboxylic acid groups (broad SMARTS) is 1. The smallest absolute Gasteiger partial charge is 0.546 e. The van der Waals surface area contributed by atoms with Crippen LogP contribution in [0.3, 0.4) is 0 Å². The predicted octanol–water partition coefficient (Wildman–Crippen LogP) is -0.422.